The molecule has 11 heteroatoms. The molecule has 4 heterocycles. The Hall–Kier alpha value is -3.54. The maximum absolute atomic E-state index is 13.3. The quantitative estimate of drug-likeness (QED) is 0.495. The smallest absolute Gasteiger partial charge is 0.275 e. The van der Waals surface area contributed by atoms with Crippen LogP contribution in [0.4, 0.5) is 0 Å². The van der Waals surface area contributed by atoms with Crippen LogP contribution in [0.2, 0.25) is 0 Å². The van der Waals surface area contributed by atoms with Crippen LogP contribution in [-0.4, -0.2) is 84.1 Å². The molecule has 2 aromatic rings. The molecule has 0 aliphatic carbocycles. The molecule has 0 spiro atoms. The van der Waals surface area contributed by atoms with Gasteiger partial charge in [0, 0.05) is 80.7 Å². The van der Waals surface area contributed by atoms with E-state index in [1.807, 2.05) is 24.1 Å². The van der Waals surface area contributed by atoms with E-state index in [9.17, 15) is 9.59 Å². The zero-order valence-corrected chi connectivity index (χ0v) is 23.3. The normalized spacial score (nSPS) is 19.6. The number of amides is 2. The predicted octanol–water partition coefficient (Wildman–Crippen LogP) is 2.28. The Balaban J connectivity index is 1.62. The second kappa shape index (κ2) is 13.5. The predicted molar refractivity (Wildman–Crippen MR) is 153 cm³/mol. The zero-order valence-electron chi connectivity index (χ0n) is 22.4. The average molecular weight is 552 g/mol. The van der Waals surface area contributed by atoms with Crippen LogP contribution in [0.15, 0.2) is 60.0 Å². The number of rotatable bonds is 4. The van der Waals surface area contributed by atoms with Gasteiger partial charge in [-0.1, -0.05) is 13.2 Å². The molecule has 0 saturated carbocycles. The first-order valence-corrected chi connectivity index (χ1v) is 14.0. The summed E-state index contributed by atoms with van der Waals surface area (Å²) < 4.78 is 5.48. The van der Waals surface area contributed by atoms with E-state index in [0.29, 0.717) is 44.2 Å². The first-order valence-electron chi connectivity index (χ1n) is 13.2. The van der Waals surface area contributed by atoms with Gasteiger partial charge in [-0.15, -0.1) is 11.3 Å². The molecule has 208 valence electrons. The van der Waals surface area contributed by atoms with Crippen molar-refractivity contribution in [3.63, 3.8) is 0 Å². The average Bonchev–Trinajstić information content (AvgIpc) is 3.43. The lowest BCUT2D eigenvalue weighted by Gasteiger charge is -2.31. The standard InChI is InChI=1S/C28H37N7O3S/c1-19(29)16-35-11-4-5-22-15-21(6-9-30-22)28-33-25(18-39-28)27(37)32-24(20(2)26(36)31-10-12-35)17-34(3)23-7-13-38-14-8-23/h6,9,15,17-18,23H,1-2,4-5,7-8,10-14,16,29H2,3H3,(H,31,36)(H,32,37)/b24-17+. The van der Waals surface area contributed by atoms with Crippen LogP contribution < -0.4 is 16.4 Å². The molecule has 4 rings (SSSR count). The highest BCUT2D eigenvalue weighted by molar-refractivity contribution is 7.13. The molecule has 4 bridgehead atoms. The number of thiazole rings is 1. The Bertz CT molecular complexity index is 1240. The van der Waals surface area contributed by atoms with E-state index >= 15 is 0 Å². The molecule has 2 amide bonds. The van der Waals surface area contributed by atoms with Crippen molar-refractivity contribution in [1.82, 2.24) is 30.4 Å². The molecular weight excluding hydrogens is 514 g/mol. The molecule has 2 aliphatic rings. The third kappa shape index (κ3) is 7.98. The number of carbonyl (C=O) groups excluding carboxylic acids is 2. The lowest BCUT2D eigenvalue weighted by molar-refractivity contribution is -0.117. The van der Waals surface area contributed by atoms with Crippen molar-refractivity contribution in [2.45, 2.75) is 31.7 Å². The third-order valence-corrected chi connectivity index (χ3v) is 7.69. The summed E-state index contributed by atoms with van der Waals surface area (Å²) in [6, 6.07) is 4.15. The molecule has 10 nitrogen and oxygen atoms in total. The number of ether oxygens (including phenoxy) is 1. The fourth-order valence-corrected chi connectivity index (χ4v) is 5.43. The third-order valence-electron chi connectivity index (χ3n) is 6.79. The maximum Gasteiger partial charge on any atom is 0.275 e. The van der Waals surface area contributed by atoms with E-state index in [1.54, 1.807) is 17.8 Å². The van der Waals surface area contributed by atoms with Crippen molar-refractivity contribution in [1.29, 1.82) is 0 Å². The molecule has 0 radical (unpaired) electrons. The first kappa shape index (κ1) is 28.5. The molecule has 2 aliphatic heterocycles. The van der Waals surface area contributed by atoms with Gasteiger partial charge in [0.25, 0.3) is 11.8 Å². The number of nitrogens with one attached hydrogen (secondary N) is 2. The monoisotopic (exact) mass is 551 g/mol. The SMILES string of the molecule is C=C(N)CN1CCCc2cc(ccn2)-c2nc(cs2)C(=O)N/C(=C/N(C)C2CCOCC2)C(=C)C(=O)NCC1. The van der Waals surface area contributed by atoms with Gasteiger partial charge >= 0.3 is 0 Å². The number of hydrogen-bond donors (Lipinski definition) is 3. The van der Waals surface area contributed by atoms with Crippen LogP contribution in [0.25, 0.3) is 10.6 Å². The van der Waals surface area contributed by atoms with Crippen LogP contribution in [0.1, 0.15) is 35.4 Å². The fraction of sp³-hybridized carbons (Fsp3) is 0.429. The second-order valence-corrected chi connectivity index (χ2v) is 10.7. The number of nitrogens with zero attached hydrogens (tertiary/aromatic N) is 4. The van der Waals surface area contributed by atoms with E-state index in [1.165, 1.54) is 11.3 Å². The van der Waals surface area contributed by atoms with Gasteiger partial charge in [0.1, 0.15) is 10.7 Å². The van der Waals surface area contributed by atoms with E-state index < -0.39 is 5.91 Å². The van der Waals surface area contributed by atoms with Gasteiger partial charge in [0.15, 0.2) is 0 Å². The Morgan fingerprint density at radius 1 is 1.31 bits per heavy atom. The Morgan fingerprint density at radius 2 is 2.10 bits per heavy atom. The number of carbonyl (C=O) groups is 2. The van der Waals surface area contributed by atoms with E-state index in [4.69, 9.17) is 10.5 Å². The number of pyridine rings is 1. The second-order valence-electron chi connectivity index (χ2n) is 9.85. The zero-order chi connectivity index (χ0) is 27.8. The minimum absolute atomic E-state index is 0.174. The minimum atomic E-state index is -0.402. The maximum atomic E-state index is 13.3. The molecule has 1 fully saturated rings. The van der Waals surface area contributed by atoms with Gasteiger partial charge in [-0.05, 0) is 44.4 Å². The number of aromatic nitrogens is 2. The van der Waals surface area contributed by atoms with Gasteiger partial charge < -0.3 is 26.0 Å². The number of fused-ring (bicyclic) bond motifs is 5. The summed E-state index contributed by atoms with van der Waals surface area (Å²) in [7, 11) is 1.94. The van der Waals surface area contributed by atoms with Crippen molar-refractivity contribution in [2.75, 3.05) is 46.4 Å². The van der Waals surface area contributed by atoms with Crippen LogP contribution >= 0.6 is 11.3 Å². The Labute approximate surface area is 233 Å². The molecule has 4 N–H and O–H groups in total. The molecule has 39 heavy (non-hydrogen) atoms. The van der Waals surface area contributed by atoms with Crippen LogP contribution in [0, 0.1) is 0 Å². The van der Waals surface area contributed by atoms with Crippen molar-refractivity contribution in [2.24, 2.45) is 5.73 Å². The molecule has 0 unspecified atom stereocenters. The van der Waals surface area contributed by atoms with Crippen molar-refractivity contribution in [3.8, 4) is 10.6 Å². The van der Waals surface area contributed by atoms with Crippen LogP contribution in [-0.2, 0) is 16.0 Å². The van der Waals surface area contributed by atoms with Gasteiger partial charge in [-0.3, -0.25) is 19.5 Å². The van der Waals surface area contributed by atoms with Crippen molar-refractivity contribution < 1.29 is 14.3 Å². The molecule has 0 atom stereocenters. The van der Waals surface area contributed by atoms with E-state index in [2.05, 4.69) is 38.7 Å². The first-order chi connectivity index (χ1) is 18.8. The molecule has 1 saturated heterocycles. The summed E-state index contributed by atoms with van der Waals surface area (Å²) in [6.07, 6.45) is 6.91. The summed E-state index contributed by atoms with van der Waals surface area (Å²) in [4.78, 5) is 39.6. The summed E-state index contributed by atoms with van der Waals surface area (Å²) in [6.45, 7) is 11.5. The summed E-state index contributed by atoms with van der Waals surface area (Å²) in [5, 5.41) is 8.28. The van der Waals surface area contributed by atoms with Gasteiger partial charge in [0.2, 0.25) is 0 Å². The van der Waals surface area contributed by atoms with Crippen molar-refractivity contribution >= 4 is 23.2 Å². The summed E-state index contributed by atoms with van der Waals surface area (Å²) in [5.74, 6) is -0.756. The highest BCUT2D eigenvalue weighted by Crippen LogP contribution is 2.25. The van der Waals surface area contributed by atoms with Gasteiger partial charge in [0.05, 0.1) is 11.3 Å². The van der Waals surface area contributed by atoms with Crippen LogP contribution in [0.3, 0.4) is 0 Å². The Morgan fingerprint density at radius 3 is 2.87 bits per heavy atom. The summed E-state index contributed by atoms with van der Waals surface area (Å²) >= 11 is 1.39. The minimum Gasteiger partial charge on any atom is -0.401 e. The Kier molecular flexibility index (Phi) is 9.85. The van der Waals surface area contributed by atoms with Crippen molar-refractivity contribution in [3.05, 3.63) is 71.4 Å². The summed E-state index contributed by atoms with van der Waals surface area (Å²) in [5.41, 5.74) is 9.11. The largest absolute Gasteiger partial charge is 0.401 e. The van der Waals surface area contributed by atoms with Gasteiger partial charge in [-0.25, -0.2) is 4.98 Å². The number of aryl methyl sites for hydroxylation is 1. The van der Waals surface area contributed by atoms with Crippen LogP contribution in [0.5, 0.6) is 0 Å². The highest BCUT2D eigenvalue weighted by Gasteiger charge is 2.22. The number of hydrogen-bond acceptors (Lipinski definition) is 9. The fourth-order valence-electron chi connectivity index (χ4n) is 4.63. The number of nitrogens with two attached hydrogens (primary N) is 1. The lowest BCUT2D eigenvalue weighted by Crippen LogP contribution is -2.39. The topological polar surface area (TPSA) is 126 Å². The molecular formula is C28H37N7O3S. The van der Waals surface area contributed by atoms with E-state index in [-0.39, 0.29) is 23.2 Å². The highest BCUT2D eigenvalue weighted by atomic mass is 32.1. The van der Waals surface area contributed by atoms with Gasteiger partial charge in [-0.2, -0.15) is 0 Å². The lowest BCUT2D eigenvalue weighted by atomic mass is 10.1. The molecule has 2 aromatic heterocycles. The molecule has 0 aromatic carbocycles. The van der Waals surface area contributed by atoms with E-state index in [0.717, 1.165) is 48.5 Å².